The van der Waals surface area contributed by atoms with Gasteiger partial charge in [-0.15, -0.1) is 0 Å². The number of nitrogens with zero attached hydrogens (tertiary/aromatic N) is 1. The Labute approximate surface area is 160 Å². The molecule has 27 heavy (non-hydrogen) atoms. The molecule has 0 amide bonds. The molecule has 0 saturated heterocycles. The Balaban J connectivity index is 1.29. The molecule has 133 valence electrons. The summed E-state index contributed by atoms with van der Waals surface area (Å²) in [6, 6.07) is 31.1. The first-order valence-corrected chi connectivity index (χ1v) is 9.31. The Morgan fingerprint density at radius 1 is 0.741 bits per heavy atom. The van der Waals surface area contributed by atoms with Crippen molar-refractivity contribution in [1.29, 1.82) is 0 Å². The average Bonchev–Trinajstić information content (AvgIpc) is 2.74. The van der Waals surface area contributed by atoms with Crippen LogP contribution in [0.15, 0.2) is 91.0 Å². The van der Waals surface area contributed by atoms with Gasteiger partial charge in [-0.1, -0.05) is 66.7 Å². The third-order valence-electron chi connectivity index (χ3n) is 4.58. The van der Waals surface area contributed by atoms with Crippen LogP contribution in [0.2, 0.25) is 0 Å². The first kappa shape index (κ1) is 17.3. The molecule has 1 aromatic heterocycles. The lowest BCUT2D eigenvalue weighted by molar-refractivity contribution is 0.302. The number of fused-ring (bicyclic) bond motifs is 1. The fourth-order valence-corrected chi connectivity index (χ4v) is 3.10. The third kappa shape index (κ3) is 4.73. The molecule has 0 saturated carbocycles. The molecule has 0 unspecified atom stereocenters. The van der Waals surface area contributed by atoms with Crippen LogP contribution in [-0.2, 0) is 13.0 Å². The smallest absolute Gasteiger partial charge is 0.130 e. The van der Waals surface area contributed by atoms with Crippen LogP contribution in [0.1, 0.15) is 23.2 Å². The molecular formula is C25H22NO. The summed E-state index contributed by atoms with van der Waals surface area (Å²) in [6.07, 6.45) is 4.36. The van der Waals surface area contributed by atoms with Crippen molar-refractivity contribution < 1.29 is 4.74 Å². The SMILES string of the molecule is [CH](CCc1ccccc1)c1ccc(OCc2ccc3ccccc3n2)cc1. The van der Waals surface area contributed by atoms with Crippen LogP contribution in [-0.4, -0.2) is 4.98 Å². The maximum Gasteiger partial charge on any atom is 0.130 e. The van der Waals surface area contributed by atoms with Crippen LogP contribution < -0.4 is 4.74 Å². The second kappa shape index (κ2) is 8.50. The van der Waals surface area contributed by atoms with Crippen molar-refractivity contribution in [3.05, 3.63) is 114 Å². The number of pyridine rings is 1. The monoisotopic (exact) mass is 352 g/mol. The summed E-state index contributed by atoms with van der Waals surface area (Å²) in [6.45, 7) is 0.474. The molecule has 2 heteroatoms. The number of ether oxygens (including phenoxy) is 1. The van der Waals surface area contributed by atoms with Gasteiger partial charge in [0.05, 0.1) is 11.2 Å². The molecular weight excluding hydrogens is 330 g/mol. The van der Waals surface area contributed by atoms with E-state index in [0.29, 0.717) is 6.61 Å². The zero-order valence-corrected chi connectivity index (χ0v) is 15.2. The number of benzene rings is 3. The first-order chi connectivity index (χ1) is 13.4. The van der Waals surface area contributed by atoms with Gasteiger partial charge in [0.15, 0.2) is 0 Å². The molecule has 0 fully saturated rings. The van der Waals surface area contributed by atoms with Gasteiger partial charge in [-0.2, -0.15) is 0 Å². The van der Waals surface area contributed by atoms with Crippen molar-refractivity contribution in [2.24, 2.45) is 0 Å². The molecule has 0 spiro atoms. The lowest BCUT2D eigenvalue weighted by Gasteiger charge is -2.08. The third-order valence-corrected chi connectivity index (χ3v) is 4.58. The molecule has 0 N–H and O–H groups in total. The summed E-state index contributed by atoms with van der Waals surface area (Å²) in [4.78, 5) is 4.65. The quantitative estimate of drug-likeness (QED) is 0.407. The summed E-state index contributed by atoms with van der Waals surface area (Å²) >= 11 is 0. The van der Waals surface area contributed by atoms with Crippen LogP contribution in [0, 0.1) is 6.42 Å². The number of hydrogen-bond acceptors (Lipinski definition) is 2. The van der Waals surface area contributed by atoms with E-state index in [-0.39, 0.29) is 0 Å². The standard InChI is InChI=1S/C25H22NO/c1-2-7-20(8-3-1)9-6-10-21-13-17-24(18-14-21)27-19-23-16-15-22-11-4-5-12-25(22)26-23/h1-5,7-8,10-18H,6,9,19H2. The highest BCUT2D eigenvalue weighted by Crippen LogP contribution is 2.18. The van der Waals surface area contributed by atoms with Crippen molar-refractivity contribution in [2.75, 3.05) is 0 Å². The van der Waals surface area contributed by atoms with E-state index < -0.39 is 0 Å². The molecule has 0 atom stereocenters. The number of rotatable bonds is 7. The highest BCUT2D eigenvalue weighted by atomic mass is 16.5. The van der Waals surface area contributed by atoms with Gasteiger partial charge in [0.1, 0.15) is 12.4 Å². The minimum absolute atomic E-state index is 0.474. The largest absolute Gasteiger partial charge is 0.487 e. The topological polar surface area (TPSA) is 22.1 Å². The summed E-state index contributed by atoms with van der Waals surface area (Å²) in [7, 11) is 0. The molecule has 0 aliphatic carbocycles. The van der Waals surface area contributed by atoms with Crippen molar-refractivity contribution in [3.8, 4) is 5.75 Å². The van der Waals surface area contributed by atoms with E-state index in [1.54, 1.807) is 0 Å². The van der Waals surface area contributed by atoms with Gasteiger partial charge >= 0.3 is 0 Å². The van der Waals surface area contributed by atoms with Crippen LogP contribution in [0.25, 0.3) is 10.9 Å². The van der Waals surface area contributed by atoms with Gasteiger partial charge < -0.3 is 4.74 Å². The normalized spacial score (nSPS) is 10.8. The predicted octanol–water partition coefficient (Wildman–Crippen LogP) is 6.00. The van der Waals surface area contributed by atoms with Crippen molar-refractivity contribution in [1.82, 2.24) is 4.98 Å². The second-order valence-corrected chi connectivity index (χ2v) is 6.58. The van der Waals surface area contributed by atoms with Crippen molar-refractivity contribution in [3.63, 3.8) is 0 Å². The van der Waals surface area contributed by atoms with Gasteiger partial charge in [-0.05, 0) is 54.7 Å². The zero-order valence-electron chi connectivity index (χ0n) is 15.2. The van der Waals surface area contributed by atoms with E-state index >= 15 is 0 Å². The summed E-state index contributed by atoms with van der Waals surface area (Å²) in [5.74, 6) is 0.866. The second-order valence-electron chi connectivity index (χ2n) is 6.58. The molecule has 0 aliphatic rings. The number of para-hydroxylation sites is 1. The van der Waals surface area contributed by atoms with E-state index in [9.17, 15) is 0 Å². The molecule has 1 radical (unpaired) electrons. The number of aromatic nitrogens is 1. The van der Waals surface area contributed by atoms with E-state index in [4.69, 9.17) is 4.74 Å². The summed E-state index contributed by atoms with van der Waals surface area (Å²) in [5, 5.41) is 1.15. The number of aryl methyl sites for hydroxylation is 1. The molecule has 2 nitrogen and oxygen atoms in total. The van der Waals surface area contributed by atoms with Crippen LogP contribution in [0.4, 0.5) is 0 Å². The average molecular weight is 352 g/mol. The molecule has 0 bridgehead atoms. The van der Waals surface area contributed by atoms with Gasteiger partial charge in [0.25, 0.3) is 0 Å². The molecule has 0 aliphatic heterocycles. The Hall–Kier alpha value is -3.13. The van der Waals surface area contributed by atoms with Crippen LogP contribution in [0.5, 0.6) is 5.75 Å². The highest BCUT2D eigenvalue weighted by molar-refractivity contribution is 5.78. The molecule has 4 rings (SSSR count). The van der Waals surface area contributed by atoms with Crippen molar-refractivity contribution >= 4 is 10.9 Å². The van der Waals surface area contributed by atoms with Crippen molar-refractivity contribution in [2.45, 2.75) is 19.4 Å². The Bertz CT molecular complexity index is 993. The molecule has 4 aromatic rings. The minimum atomic E-state index is 0.474. The molecule has 1 heterocycles. The molecule has 3 aromatic carbocycles. The maximum atomic E-state index is 5.89. The lowest BCUT2D eigenvalue weighted by atomic mass is 10.0. The number of hydrogen-bond donors (Lipinski definition) is 0. The first-order valence-electron chi connectivity index (χ1n) is 9.31. The van der Waals surface area contributed by atoms with Crippen LogP contribution >= 0.6 is 0 Å². The van der Waals surface area contributed by atoms with E-state index in [1.807, 2.05) is 36.4 Å². The van der Waals surface area contributed by atoms with Gasteiger partial charge in [-0.3, -0.25) is 0 Å². The predicted molar refractivity (Wildman–Crippen MR) is 111 cm³/mol. The van der Waals surface area contributed by atoms with E-state index in [0.717, 1.165) is 35.2 Å². The Kier molecular flexibility index (Phi) is 5.44. The zero-order chi connectivity index (χ0) is 18.3. The Morgan fingerprint density at radius 3 is 2.37 bits per heavy atom. The van der Waals surface area contributed by atoms with E-state index in [1.165, 1.54) is 11.1 Å². The Morgan fingerprint density at radius 2 is 1.52 bits per heavy atom. The van der Waals surface area contributed by atoms with E-state index in [2.05, 4.69) is 66.0 Å². The van der Waals surface area contributed by atoms with Crippen LogP contribution in [0.3, 0.4) is 0 Å². The fourth-order valence-electron chi connectivity index (χ4n) is 3.10. The highest BCUT2D eigenvalue weighted by Gasteiger charge is 2.01. The lowest BCUT2D eigenvalue weighted by Crippen LogP contribution is -1.98. The van der Waals surface area contributed by atoms with Gasteiger partial charge in [0.2, 0.25) is 0 Å². The summed E-state index contributed by atoms with van der Waals surface area (Å²) < 4.78 is 5.89. The van der Waals surface area contributed by atoms with Gasteiger partial charge in [-0.25, -0.2) is 4.98 Å². The fraction of sp³-hybridized carbons (Fsp3) is 0.120. The van der Waals surface area contributed by atoms with Gasteiger partial charge in [0, 0.05) is 5.39 Å². The summed E-state index contributed by atoms with van der Waals surface area (Å²) in [5.41, 5.74) is 4.54. The minimum Gasteiger partial charge on any atom is -0.487 e. The maximum absolute atomic E-state index is 5.89.